The van der Waals surface area contributed by atoms with E-state index >= 15 is 0 Å². The van der Waals surface area contributed by atoms with E-state index in [1.807, 2.05) is 24.4 Å². The van der Waals surface area contributed by atoms with Crippen LogP contribution in [0.5, 0.6) is 0 Å². The van der Waals surface area contributed by atoms with E-state index in [-0.39, 0.29) is 23.7 Å². The Labute approximate surface area is 112 Å². The molecule has 1 unspecified atom stereocenters. The normalized spacial score (nSPS) is 23.8. The fraction of sp³-hybridized carbons (Fsp3) is 0.583. The second-order valence-corrected chi connectivity index (χ2v) is 5.64. The molecule has 1 aliphatic rings. The lowest BCUT2D eigenvalue weighted by atomic mass is 9.82. The van der Waals surface area contributed by atoms with Gasteiger partial charge in [0.05, 0.1) is 12.0 Å². The molecule has 3 nitrogen and oxygen atoms in total. The third kappa shape index (κ3) is 3.69. The van der Waals surface area contributed by atoms with Crippen LogP contribution in [0.4, 0.5) is 0 Å². The first-order valence-electron chi connectivity index (χ1n) is 5.72. The minimum atomic E-state index is -0.227. The van der Waals surface area contributed by atoms with Crippen molar-refractivity contribution in [2.75, 3.05) is 13.1 Å². The maximum absolute atomic E-state index is 12.1. The number of piperidine rings is 1. The van der Waals surface area contributed by atoms with Crippen molar-refractivity contribution in [1.29, 1.82) is 0 Å². The van der Waals surface area contributed by atoms with Crippen molar-refractivity contribution in [3.05, 3.63) is 22.4 Å². The number of nitrogens with one attached hydrogen (secondary N) is 2. The van der Waals surface area contributed by atoms with Crippen LogP contribution in [0.1, 0.15) is 24.6 Å². The Morgan fingerprint density at radius 2 is 2.47 bits per heavy atom. The van der Waals surface area contributed by atoms with E-state index in [9.17, 15) is 4.79 Å². The van der Waals surface area contributed by atoms with E-state index in [4.69, 9.17) is 0 Å². The lowest BCUT2D eigenvalue weighted by Crippen LogP contribution is -2.48. The molecule has 1 atom stereocenters. The highest BCUT2D eigenvalue weighted by Crippen LogP contribution is 2.25. The Morgan fingerprint density at radius 3 is 3.06 bits per heavy atom. The highest BCUT2D eigenvalue weighted by Gasteiger charge is 2.34. The highest BCUT2D eigenvalue weighted by atomic mass is 35.5. The van der Waals surface area contributed by atoms with Crippen LogP contribution in [-0.2, 0) is 11.3 Å². The maximum atomic E-state index is 12.1. The summed E-state index contributed by atoms with van der Waals surface area (Å²) in [6.07, 6.45) is 2.07. The fourth-order valence-electron chi connectivity index (χ4n) is 2.04. The van der Waals surface area contributed by atoms with Crippen molar-refractivity contribution in [3.8, 4) is 0 Å². The van der Waals surface area contributed by atoms with Gasteiger partial charge in [-0.15, -0.1) is 23.7 Å². The number of carbonyl (C=O) groups is 1. The SMILES string of the molecule is CC1(C(=O)NCc2cccs2)CCCNC1.Cl. The first-order chi connectivity index (χ1) is 7.71. The zero-order chi connectivity index (χ0) is 11.4. The van der Waals surface area contributed by atoms with Crippen LogP contribution in [0.25, 0.3) is 0 Å². The molecule has 1 fully saturated rings. The quantitative estimate of drug-likeness (QED) is 0.887. The number of rotatable bonds is 3. The Morgan fingerprint density at radius 1 is 1.65 bits per heavy atom. The number of hydrogen-bond acceptors (Lipinski definition) is 3. The van der Waals surface area contributed by atoms with Crippen LogP contribution < -0.4 is 10.6 Å². The zero-order valence-electron chi connectivity index (χ0n) is 9.99. The smallest absolute Gasteiger partial charge is 0.227 e. The summed E-state index contributed by atoms with van der Waals surface area (Å²) in [5, 5.41) is 8.35. The Balaban J connectivity index is 0.00000144. The van der Waals surface area contributed by atoms with E-state index in [1.54, 1.807) is 11.3 Å². The third-order valence-electron chi connectivity index (χ3n) is 3.15. The molecule has 1 aliphatic heterocycles. The molecule has 1 saturated heterocycles. The third-order valence-corrected chi connectivity index (χ3v) is 4.03. The number of hydrogen-bond donors (Lipinski definition) is 2. The number of thiophene rings is 1. The van der Waals surface area contributed by atoms with Gasteiger partial charge in [0, 0.05) is 11.4 Å². The maximum Gasteiger partial charge on any atom is 0.227 e. The first kappa shape index (κ1) is 14.5. The van der Waals surface area contributed by atoms with E-state index in [1.165, 1.54) is 4.88 Å². The minimum absolute atomic E-state index is 0. The van der Waals surface area contributed by atoms with Gasteiger partial charge in [-0.3, -0.25) is 4.79 Å². The van der Waals surface area contributed by atoms with Gasteiger partial charge in [0.25, 0.3) is 0 Å². The van der Waals surface area contributed by atoms with Crippen LogP contribution in [0.2, 0.25) is 0 Å². The van der Waals surface area contributed by atoms with Crippen molar-refractivity contribution in [2.45, 2.75) is 26.3 Å². The van der Waals surface area contributed by atoms with Crippen molar-refractivity contribution in [3.63, 3.8) is 0 Å². The molecule has 2 heterocycles. The van der Waals surface area contributed by atoms with Crippen LogP contribution in [0.15, 0.2) is 17.5 Å². The molecule has 0 radical (unpaired) electrons. The summed E-state index contributed by atoms with van der Waals surface area (Å²) in [7, 11) is 0. The van der Waals surface area contributed by atoms with Gasteiger partial charge in [0.15, 0.2) is 0 Å². The molecule has 96 valence electrons. The van der Waals surface area contributed by atoms with Gasteiger partial charge in [-0.05, 0) is 37.8 Å². The molecule has 0 aromatic carbocycles. The predicted octanol–water partition coefficient (Wildman–Crippen LogP) is 2.18. The highest BCUT2D eigenvalue weighted by molar-refractivity contribution is 7.09. The Kier molecular flexibility index (Phi) is 5.43. The average molecular weight is 275 g/mol. The summed E-state index contributed by atoms with van der Waals surface area (Å²) in [4.78, 5) is 13.3. The second-order valence-electron chi connectivity index (χ2n) is 4.60. The zero-order valence-corrected chi connectivity index (χ0v) is 11.6. The fourth-order valence-corrected chi connectivity index (χ4v) is 2.69. The molecule has 5 heteroatoms. The molecule has 0 aliphatic carbocycles. The van der Waals surface area contributed by atoms with Crippen molar-refractivity contribution in [1.82, 2.24) is 10.6 Å². The summed E-state index contributed by atoms with van der Waals surface area (Å²) in [5.41, 5.74) is -0.227. The van der Waals surface area contributed by atoms with Crippen LogP contribution in [0.3, 0.4) is 0 Å². The molecule has 0 saturated carbocycles. The lowest BCUT2D eigenvalue weighted by molar-refractivity contribution is -0.131. The Hall–Kier alpha value is -0.580. The lowest BCUT2D eigenvalue weighted by Gasteiger charge is -2.32. The number of amides is 1. The van der Waals surface area contributed by atoms with Gasteiger partial charge in [0.1, 0.15) is 0 Å². The van der Waals surface area contributed by atoms with Crippen LogP contribution in [-0.4, -0.2) is 19.0 Å². The largest absolute Gasteiger partial charge is 0.351 e. The van der Waals surface area contributed by atoms with Gasteiger partial charge in [-0.2, -0.15) is 0 Å². The molecular formula is C12H19ClN2OS. The Bertz CT molecular complexity index is 347. The summed E-state index contributed by atoms with van der Waals surface area (Å²) in [5.74, 6) is 0.174. The molecule has 17 heavy (non-hydrogen) atoms. The second kappa shape index (κ2) is 6.38. The molecule has 2 N–H and O–H groups in total. The molecule has 1 aromatic heterocycles. The molecule has 0 bridgehead atoms. The van der Waals surface area contributed by atoms with Crippen LogP contribution >= 0.6 is 23.7 Å². The van der Waals surface area contributed by atoms with E-state index in [2.05, 4.69) is 10.6 Å². The van der Waals surface area contributed by atoms with E-state index in [0.717, 1.165) is 25.9 Å². The van der Waals surface area contributed by atoms with Gasteiger partial charge >= 0.3 is 0 Å². The summed E-state index contributed by atoms with van der Waals surface area (Å²) < 4.78 is 0. The summed E-state index contributed by atoms with van der Waals surface area (Å²) in [6, 6.07) is 4.06. The van der Waals surface area contributed by atoms with Crippen molar-refractivity contribution in [2.24, 2.45) is 5.41 Å². The average Bonchev–Trinajstić information content (AvgIpc) is 2.79. The standard InChI is InChI=1S/C12H18N2OS.ClH/c1-12(5-3-6-13-9-12)11(15)14-8-10-4-2-7-16-10;/h2,4,7,13H,3,5-6,8-9H2,1H3,(H,14,15);1H. The molecule has 0 spiro atoms. The van der Waals surface area contributed by atoms with Gasteiger partial charge in [-0.25, -0.2) is 0 Å². The van der Waals surface area contributed by atoms with Gasteiger partial charge < -0.3 is 10.6 Å². The topological polar surface area (TPSA) is 41.1 Å². The van der Waals surface area contributed by atoms with E-state index in [0.29, 0.717) is 6.54 Å². The molecule has 1 aromatic rings. The minimum Gasteiger partial charge on any atom is -0.351 e. The molecule has 2 rings (SSSR count). The van der Waals surface area contributed by atoms with Crippen molar-refractivity contribution >= 4 is 29.7 Å². The number of carbonyl (C=O) groups excluding carboxylic acids is 1. The molecule has 1 amide bonds. The van der Waals surface area contributed by atoms with E-state index < -0.39 is 0 Å². The van der Waals surface area contributed by atoms with Crippen LogP contribution in [0, 0.1) is 5.41 Å². The summed E-state index contributed by atoms with van der Waals surface area (Å²) >= 11 is 1.68. The number of halogens is 1. The summed E-state index contributed by atoms with van der Waals surface area (Å²) in [6.45, 7) is 4.53. The van der Waals surface area contributed by atoms with Gasteiger partial charge in [0.2, 0.25) is 5.91 Å². The predicted molar refractivity (Wildman–Crippen MR) is 73.6 cm³/mol. The monoisotopic (exact) mass is 274 g/mol. The molecular weight excluding hydrogens is 256 g/mol. The van der Waals surface area contributed by atoms with Gasteiger partial charge in [-0.1, -0.05) is 6.07 Å². The van der Waals surface area contributed by atoms with Crippen molar-refractivity contribution < 1.29 is 4.79 Å². The first-order valence-corrected chi connectivity index (χ1v) is 6.60.